The monoisotopic (exact) mass is 267 g/mol. The lowest BCUT2D eigenvalue weighted by molar-refractivity contribution is -0.154. The molecule has 3 rings (SSSR count). The van der Waals surface area contributed by atoms with Crippen molar-refractivity contribution in [1.82, 2.24) is 4.90 Å². The molecule has 2 aliphatic carbocycles. The molecule has 3 aliphatic rings. The molecule has 1 saturated heterocycles. The minimum absolute atomic E-state index is 0.356. The third-order valence-electron chi connectivity index (χ3n) is 5.37. The van der Waals surface area contributed by atoms with Crippen LogP contribution in [0.25, 0.3) is 0 Å². The molecule has 0 aromatic rings. The molecule has 4 nitrogen and oxygen atoms in total. The molecule has 19 heavy (non-hydrogen) atoms. The number of aliphatic carboxylic acids is 1. The standard InChI is InChI=1S/C15H25NO3/c17-14(18)15(7-3-4-8-15)11-16-9-10-19-13-6-2-1-5-12(13)16/h12-13H,1-11H2,(H,17,18). The molecule has 1 aliphatic heterocycles. The fourth-order valence-electron chi connectivity index (χ4n) is 4.25. The number of ether oxygens (including phenoxy) is 1. The van der Waals surface area contributed by atoms with Crippen LogP contribution < -0.4 is 0 Å². The van der Waals surface area contributed by atoms with E-state index in [0.717, 1.165) is 51.8 Å². The van der Waals surface area contributed by atoms with Gasteiger partial charge in [0.1, 0.15) is 0 Å². The molecule has 4 heteroatoms. The summed E-state index contributed by atoms with van der Waals surface area (Å²) >= 11 is 0. The molecule has 2 atom stereocenters. The summed E-state index contributed by atoms with van der Waals surface area (Å²) < 4.78 is 5.88. The average Bonchev–Trinajstić information content (AvgIpc) is 2.89. The third-order valence-corrected chi connectivity index (χ3v) is 5.37. The molecular formula is C15H25NO3. The number of morpholine rings is 1. The first-order valence-electron chi connectivity index (χ1n) is 7.80. The van der Waals surface area contributed by atoms with Crippen LogP contribution >= 0.6 is 0 Å². The maximum Gasteiger partial charge on any atom is 0.310 e. The van der Waals surface area contributed by atoms with Crippen LogP contribution in [0.3, 0.4) is 0 Å². The predicted octanol–water partition coefficient (Wildman–Crippen LogP) is 2.27. The maximum absolute atomic E-state index is 11.7. The molecule has 1 heterocycles. The third kappa shape index (κ3) is 2.52. The number of hydrogen-bond donors (Lipinski definition) is 1. The lowest BCUT2D eigenvalue weighted by Crippen LogP contribution is -2.56. The zero-order chi connectivity index (χ0) is 13.3. The van der Waals surface area contributed by atoms with E-state index in [9.17, 15) is 9.90 Å². The van der Waals surface area contributed by atoms with Crippen LogP contribution in [0.2, 0.25) is 0 Å². The van der Waals surface area contributed by atoms with Crippen LogP contribution in [0.5, 0.6) is 0 Å². The number of carbonyl (C=O) groups is 1. The molecule has 1 N–H and O–H groups in total. The topological polar surface area (TPSA) is 49.8 Å². The summed E-state index contributed by atoms with van der Waals surface area (Å²) in [7, 11) is 0. The van der Waals surface area contributed by atoms with Gasteiger partial charge in [0.15, 0.2) is 0 Å². The van der Waals surface area contributed by atoms with Crippen molar-refractivity contribution in [2.75, 3.05) is 19.7 Å². The van der Waals surface area contributed by atoms with Crippen LogP contribution in [0.4, 0.5) is 0 Å². The Hall–Kier alpha value is -0.610. The first-order valence-corrected chi connectivity index (χ1v) is 7.80. The van der Waals surface area contributed by atoms with Crippen molar-refractivity contribution in [3.63, 3.8) is 0 Å². The van der Waals surface area contributed by atoms with Gasteiger partial charge in [-0.1, -0.05) is 25.7 Å². The van der Waals surface area contributed by atoms with Crippen molar-refractivity contribution in [3.8, 4) is 0 Å². The number of nitrogens with zero attached hydrogens (tertiary/aromatic N) is 1. The summed E-state index contributed by atoms with van der Waals surface area (Å²) in [4.78, 5) is 14.1. The van der Waals surface area contributed by atoms with Crippen LogP contribution in [0.15, 0.2) is 0 Å². The van der Waals surface area contributed by atoms with E-state index >= 15 is 0 Å². The van der Waals surface area contributed by atoms with Crippen molar-refractivity contribution in [1.29, 1.82) is 0 Å². The van der Waals surface area contributed by atoms with E-state index in [-0.39, 0.29) is 0 Å². The smallest absolute Gasteiger partial charge is 0.310 e. The minimum atomic E-state index is -0.580. The zero-order valence-electron chi connectivity index (χ0n) is 11.6. The average molecular weight is 267 g/mol. The first-order chi connectivity index (χ1) is 9.21. The van der Waals surface area contributed by atoms with Crippen molar-refractivity contribution < 1.29 is 14.6 Å². The molecule has 0 aromatic heterocycles. The van der Waals surface area contributed by atoms with Gasteiger partial charge in [-0.05, 0) is 25.7 Å². The van der Waals surface area contributed by atoms with Gasteiger partial charge in [-0.15, -0.1) is 0 Å². The number of carboxylic acids is 1. The first kappa shape index (κ1) is 13.4. The Kier molecular flexibility index (Phi) is 3.81. The van der Waals surface area contributed by atoms with Gasteiger partial charge in [-0.25, -0.2) is 0 Å². The summed E-state index contributed by atoms with van der Waals surface area (Å²) in [5.41, 5.74) is -0.473. The minimum Gasteiger partial charge on any atom is -0.481 e. The van der Waals surface area contributed by atoms with Gasteiger partial charge in [0.25, 0.3) is 0 Å². The lowest BCUT2D eigenvalue weighted by Gasteiger charge is -2.46. The molecule has 0 spiro atoms. The van der Waals surface area contributed by atoms with Gasteiger partial charge >= 0.3 is 5.97 Å². The zero-order valence-corrected chi connectivity index (χ0v) is 11.6. The molecule has 0 bridgehead atoms. The molecule has 0 aromatic carbocycles. The summed E-state index contributed by atoms with van der Waals surface area (Å²) in [6, 6.07) is 0.472. The SMILES string of the molecule is O=C(O)C1(CN2CCOC3CCCCC32)CCCC1. The van der Waals surface area contributed by atoms with Crippen LogP contribution in [-0.4, -0.2) is 47.8 Å². The molecule has 0 amide bonds. The Morgan fingerprint density at radius 3 is 2.68 bits per heavy atom. The number of rotatable bonds is 3. The molecule has 108 valence electrons. The summed E-state index contributed by atoms with van der Waals surface area (Å²) in [6.45, 7) is 2.43. The molecule has 3 fully saturated rings. The summed E-state index contributed by atoms with van der Waals surface area (Å²) in [6.07, 6.45) is 9.08. The maximum atomic E-state index is 11.7. The summed E-state index contributed by atoms with van der Waals surface area (Å²) in [5.74, 6) is -0.580. The van der Waals surface area contributed by atoms with E-state index in [2.05, 4.69) is 4.90 Å². The van der Waals surface area contributed by atoms with E-state index in [1.807, 2.05) is 0 Å². The van der Waals surface area contributed by atoms with Gasteiger partial charge in [-0.2, -0.15) is 0 Å². The van der Waals surface area contributed by atoms with E-state index in [0.29, 0.717) is 12.1 Å². The van der Waals surface area contributed by atoms with Crippen molar-refractivity contribution in [2.24, 2.45) is 5.41 Å². The van der Waals surface area contributed by atoms with E-state index in [1.165, 1.54) is 19.3 Å². The fourth-order valence-corrected chi connectivity index (χ4v) is 4.25. The van der Waals surface area contributed by atoms with Crippen molar-refractivity contribution >= 4 is 5.97 Å². The highest BCUT2D eigenvalue weighted by Gasteiger charge is 2.45. The highest BCUT2D eigenvalue weighted by molar-refractivity contribution is 5.75. The Morgan fingerprint density at radius 1 is 1.21 bits per heavy atom. The molecular weight excluding hydrogens is 242 g/mol. The largest absolute Gasteiger partial charge is 0.481 e. The van der Waals surface area contributed by atoms with Crippen LogP contribution in [-0.2, 0) is 9.53 Å². The molecule has 0 radical (unpaired) electrons. The van der Waals surface area contributed by atoms with Gasteiger partial charge in [0.2, 0.25) is 0 Å². The Bertz CT molecular complexity index is 336. The van der Waals surface area contributed by atoms with Crippen molar-refractivity contribution in [2.45, 2.75) is 63.5 Å². The lowest BCUT2D eigenvalue weighted by atomic mass is 9.83. The normalized spacial score (nSPS) is 34.9. The second-order valence-corrected chi connectivity index (χ2v) is 6.52. The number of fused-ring (bicyclic) bond motifs is 1. The Morgan fingerprint density at radius 2 is 1.95 bits per heavy atom. The second kappa shape index (κ2) is 5.41. The van der Waals surface area contributed by atoms with Gasteiger partial charge in [0, 0.05) is 19.1 Å². The van der Waals surface area contributed by atoms with Gasteiger partial charge in [0.05, 0.1) is 18.1 Å². The van der Waals surface area contributed by atoms with Crippen LogP contribution in [0.1, 0.15) is 51.4 Å². The predicted molar refractivity (Wildman–Crippen MR) is 72.1 cm³/mol. The highest BCUT2D eigenvalue weighted by Crippen LogP contribution is 2.41. The second-order valence-electron chi connectivity index (χ2n) is 6.52. The van der Waals surface area contributed by atoms with Gasteiger partial charge < -0.3 is 9.84 Å². The quantitative estimate of drug-likeness (QED) is 0.852. The number of hydrogen-bond acceptors (Lipinski definition) is 3. The Labute approximate surface area is 115 Å². The fraction of sp³-hybridized carbons (Fsp3) is 0.933. The Balaban J connectivity index is 1.71. The molecule has 2 saturated carbocycles. The number of carboxylic acid groups (broad SMARTS) is 1. The van der Waals surface area contributed by atoms with E-state index < -0.39 is 11.4 Å². The van der Waals surface area contributed by atoms with Gasteiger partial charge in [-0.3, -0.25) is 9.69 Å². The van der Waals surface area contributed by atoms with E-state index in [1.54, 1.807) is 0 Å². The van der Waals surface area contributed by atoms with Crippen molar-refractivity contribution in [3.05, 3.63) is 0 Å². The molecule has 2 unspecified atom stereocenters. The summed E-state index contributed by atoms with van der Waals surface area (Å²) in [5, 5.41) is 9.63. The van der Waals surface area contributed by atoms with E-state index in [4.69, 9.17) is 4.74 Å². The highest BCUT2D eigenvalue weighted by atomic mass is 16.5. The van der Waals surface area contributed by atoms with Crippen LogP contribution in [0, 0.1) is 5.41 Å².